The molecule has 1 aromatic rings. The second-order valence-electron chi connectivity index (χ2n) is 6.71. The number of methoxy groups -OCH3 is 2. The van der Waals surface area contributed by atoms with Crippen molar-refractivity contribution in [1.82, 2.24) is 10.2 Å². The van der Waals surface area contributed by atoms with E-state index in [1.54, 1.807) is 14.2 Å². The molecule has 1 N–H and O–H groups in total. The van der Waals surface area contributed by atoms with Crippen LogP contribution in [0, 0.1) is 11.8 Å². The lowest BCUT2D eigenvalue weighted by Gasteiger charge is -2.14. The molecule has 144 valence electrons. The Morgan fingerprint density at radius 2 is 1.70 bits per heavy atom. The van der Waals surface area contributed by atoms with E-state index in [0.29, 0.717) is 37.3 Å². The molecule has 7 heteroatoms. The van der Waals surface area contributed by atoms with Crippen LogP contribution >= 0.6 is 0 Å². The largest absolute Gasteiger partial charge is 0.493 e. The lowest BCUT2D eigenvalue weighted by molar-refractivity contribution is -0.143. The van der Waals surface area contributed by atoms with Crippen LogP contribution in [0.25, 0.3) is 0 Å². The Balaban J connectivity index is 1.50. The van der Waals surface area contributed by atoms with E-state index in [4.69, 9.17) is 9.47 Å². The number of nitrogens with zero attached hydrogens (tertiary/aromatic N) is 1. The van der Waals surface area contributed by atoms with Gasteiger partial charge in [0.05, 0.1) is 26.1 Å². The molecule has 1 aromatic carbocycles. The van der Waals surface area contributed by atoms with E-state index in [0.717, 1.165) is 10.5 Å². The standard InChI is InChI=1S/C20H24N2O5/c1-26-16-8-7-13(11-17(16)27-2)9-10-21-18(23)12-22-19(24)14-5-3-4-6-15(14)20(22)25/h3-4,7-8,11,14-15H,5-6,9-10,12H2,1-2H3,(H,21,23)/t14-,15-/m0/s1. The molecule has 0 aromatic heterocycles. The molecule has 27 heavy (non-hydrogen) atoms. The molecule has 1 aliphatic carbocycles. The number of rotatable bonds is 7. The van der Waals surface area contributed by atoms with Crippen molar-refractivity contribution < 1.29 is 23.9 Å². The Kier molecular flexibility index (Phi) is 5.78. The maximum atomic E-state index is 12.4. The highest BCUT2D eigenvalue weighted by atomic mass is 16.5. The van der Waals surface area contributed by atoms with Crippen LogP contribution in [0.1, 0.15) is 18.4 Å². The van der Waals surface area contributed by atoms with E-state index in [1.807, 2.05) is 30.4 Å². The molecule has 2 aliphatic rings. The normalized spacial score (nSPS) is 21.2. The number of hydrogen-bond donors (Lipinski definition) is 1. The fourth-order valence-corrected chi connectivity index (χ4v) is 3.61. The minimum Gasteiger partial charge on any atom is -0.493 e. The molecular formula is C20H24N2O5. The number of carbonyl (C=O) groups excluding carboxylic acids is 3. The molecule has 7 nitrogen and oxygen atoms in total. The third-order valence-corrected chi connectivity index (χ3v) is 5.08. The first-order valence-corrected chi connectivity index (χ1v) is 9.03. The number of ether oxygens (including phenoxy) is 2. The molecule has 2 atom stereocenters. The predicted octanol–water partition coefficient (Wildman–Crippen LogP) is 1.31. The third kappa shape index (κ3) is 3.97. The van der Waals surface area contributed by atoms with E-state index in [-0.39, 0.29) is 36.1 Å². The number of benzene rings is 1. The van der Waals surface area contributed by atoms with Gasteiger partial charge in [0.15, 0.2) is 11.5 Å². The van der Waals surface area contributed by atoms with Crippen LogP contribution in [0.4, 0.5) is 0 Å². The quantitative estimate of drug-likeness (QED) is 0.576. The predicted molar refractivity (Wildman–Crippen MR) is 98.3 cm³/mol. The first-order chi connectivity index (χ1) is 13.0. The molecule has 0 unspecified atom stereocenters. The van der Waals surface area contributed by atoms with E-state index >= 15 is 0 Å². The highest BCUT2D eigenvalue weighted by Gasteiger charge is 2.47. The second-order valence-corrected chi connectivity index (χ2v) is 6.71. The Bertz CT molecular complexity index is 748. The van der Waals surface area contributed by atoms with Gasteiger partial charge in [-0.25, -0.2) is 0 Å². The Morgan fingerprint density at radius 3 is 2.30 bits per heavy atom. The lowest BCUT2D eigenvalue weighted by Crippen LogP contribution is -2.41. The van der Waals surface area contributed by atoms with Gasteiger partial charge in [0.25, 0.3) is 0 Å². The van der Waals surface area contributed by atoms with Gasteiger partial charge in [0, 0.05) is 6.54 Å². The van der Waals surface area contributed by atoms with Gasteiger partial charge in [-0.15, -0.1) is 0 Å². The van der Waals surface area contributed by atoms with Gasteiger partial charge in [-0.05, 0) is 37.0 Å². The summed E-state index contributed by atoms with van der Waals surface area (Å²) >= 11 is 0. The number of allylic oxidation sites excluding steroid dienone is 2. The van der Waals surface area contributed by atoms with Crippen molar-refractivity contribution >= 4 is 17.7 Å². The molecule has 1 heterocycles. The summed E-state index contributed by atoms with van der Waals surface area (Å²) < 4.78 is 10.5. The summed E-state index contributed by atoms with van der Waals surface area (Å²) in [7, 11) is 3.14. The average molecular weight is 372 g/mol. The minimum atomic E-state index is -0.330. The first kappa shape index (κ1) is 18.9. The van der Waals surface area contributed by atoms with Crippen LogP contribution < -0.4 is 14.8 Å². The highest BCUT2D eigenvalue weighted by molar-refractivity contribution is 6.07. The summed E-state index contributed by atoms with van der Waals surface area (Å²) in [6, 6.07) is 5.57. The number of carbonyl (C=O) groups is 3. The van der Waals surface area contributed by atoms with Crippen molar-refractivity contribution in [2.75, 3.05) is 27.3 Å². The summed E-state index contributed by atoms with van der Waals surface area (Å²) in [6.07, 6.45) is 5.61. The second kappa shape index (κ2) is 8.24. The van der Waals surface area contributed by atoms with Gasteiger partial charge in [0.2, 0.25) is 17.7 Å². The summed E-state index contributed by atoms with van der Waals surface area (Å²) in [5, 5.41) is 2.77. The summed E-state index contributed by atoms with van der Waals surface area (Å²) in [5.41, 5.74) is 0.985. The molecule has 1 fully saturated rings. The number of imide groups is 1. The van der Waals surface area contributed by atoms with Crippen LogP contribution in [0.2, 0.25) is 0 Å². The van der Waals surface area contributed by atoms with Gasteiger partial charge in [0.1, 0.15) is 6.54 Å². The molecule has 3 rings (SSSR count). The van der Waals surface area contributed by atoms with Gasteiger partial charge in [-0.3, -0.25) is 19.3 Å². The van der Waals surface area contributed by atoms with E-state index in [2.05, 4.69) is 5.32 Å². The van der Waals surface area contributed by atoms with Crippen molar-refractivity contribution in [3.63, 3.8) is 0 Å². The molecule has 0 radical (unpaired) electrons. The zero-order chi connectivity index (χ0) is 19.4. The highest BCUT2D eigenvalue weighted by Crippen LogP contribution is 2.34. The van der Waals surface area contributed by atoms with E-state index in [1.165, 1.54) is 0 Å². The monoisotopic (exact) mass is 372 g/mol. The molecule has 3 amide bonds. The SMILES string of the molecule is COc1ccc(CCNC(=O)CN2C(=O)[C@H]3CC=CC[C@@H]3C2=O)cc1OC. The van der Waals surface area contributed by atoms with Gasteiger partial charge in [-0.2, -0.15) is 0 Å². The van der Waals surface area contributed by atoms with Gasteiger partial charge >= 0.3 is 0 Å². The Morgan fingerprint density at radius 1 is 1.07 bits per heavy atom. The number of likely N-dealkylation sites (tertiary alicyclic amines) is 1. The smallest absolute Gasteiger partial charge is 0.240 e. The molecule has 0 saturated carbocycles. The van der Waals surface area contributed by atoms with E-state index in [9.17, 15) is 14.4 Å². The molecule has 0 spiro atoms. The zero-order valence-corrected chi connectivity index (χ0v) is 15.6. The van der Waals surface area contributed by atoms with Crippen molar-refractivity contribution in [1.29, 1.82) is 0 Å². The van der Waals surface area contributed by atoms with Crippen LogP contribution in [-0.2, 0) is 20.8 Å². The number of fused-ring (bicyclic) bond motifs is 1. The molecule has 1 saturated heterocycles. The van der Waals surface area contributed by atoms with Crippen LogP contribution in [0.15, 0.2) is 30.4 Å². The van der Waals surface area contributed by atoms with Crippen molar-refractivity contribution in [2.45, 2.75) is 19.3 Å². The third-order valence-electron chi connectivity index (χ3n) is 5.08. The van der Waals surface area contributed by atoms with Gasteiger partial charge in [-0.1, -0.05) is 18.2 Å². The molecule has 0 bridgehead atoms. The Hall–Kier alpha value is -2.83. The van der Waals surface area contributed by atoms with Crippen molar-refractivity contribution in [3.8, 4) is 11.5 Å². The van der Waals surface area contributed by atoms with Crippen LogP contribution in [0.5, 0.6) is 11.5 Å². The Labute approximate surface area is 158 Å². The average Bonchev–Trinajstić information content (AvgIpc) is 2.93. The zero-order valence-electron chi connectivity index (χ0n) is 15.6. The van der Waals surface area contributed by atoms with E-state index < -0.39 is 0 Å². The van der Waals surface area contributed by atoms with Crippen molar-refractivity contribution in [2.24, 2.45) is 11.8 Å². The fraction of sp³-hybridized carbons (Fsp3) is 0.450. The van der Waals surface area contributed by atoms with Gasteiger partial charge < -0.3 is 14.8 Å². The minimum absolute atomic E-state index is 0.212. The first-order valence-electron chi connectivity index (χ1n) is 9.03. The van der Waals surface area contributed by atoms with Crippen molar-refractivity contribution in [3.05, 3.63) is 35.9 Å². The maximum absolute atomic E-state index is 12.4. The fourth-order valence-electron chi connectivity index (χ4n) is 3.61. The molecular weight excluding hydrogens is 348 g/mol. The summed E-state index contributed by atoms with van der Waals surface area (Å²) in [4.78, 5) is 38.1. The summed E-state index contributed by atoms with van der Waals surface area (Å²) in [5.74, 6) is -0.125. The van der Waals surface area contributed by atoms with Crippen LogP contribution in [-0.4, -0.2) is 49.9 Å². The number of nitrogens with one attached hydrogen (secondary N) is 1. The summed E-state index contributed by atoms with van der Waals surface area (Å²) in [6.45, 7) is 0.190. The maximum Gasteiger partial charge on any atom is 0.240 e. The lowest BCUT2D eigenvalue weighted by atomic mass is 9.85. The number of amides is 3. The van der Waals surface area contributed by atoms with Crippen LogP contribution in [0.3, 0.4) is 0 Å². The molecule has 1 aliphatic heterocycles. The topological polar surface area (TPSA) is 84.9 Å². The number of hydrogen-bond acceptors (Lipinski definition) is 5.